The van der Waals surface area contributed by atoms with E-state index in [9.17, 15) is 23.1 Å². The van der Waals surface area contributed by atoms with Crippen LogP contribution in [0.15, 0.2) is 70.9 Å². The Kier molecular flexibility index (Phi) is 8.47. The number of benzene rings is 2. The minimum atomic E-state index is -4.25. The van der Waals surface area contributed by atoms with E-state index in [-0.39, 0.29) is 23.5 Å². The molecule has 1 aliphatic heterocycles. The molecule has 2 aromatic carbocycles. The maximum Gasteiger partial charge on any atom is 0.325 e. The van der Waals surface area contributed by atoms with Gasteiger partial charge < -0.3 is 24.8 Å². The average Bonchev–Trinajstić information content (AvgIpc) is 3.43. The molecule has 3 aromatic rings. The van der Waals surface area contributed by atoms with Crippen molar-refractivity contribution < 1.29 is 32.6 Å². The molecule has 1 aliphatic rings. The van der Waals surface area contributed by atoms with Gasteiger partial charge in [0, 0.05) is 16.1 Å². The van der Waals surface area contributed by atoms with Crippen LogP contribution in [0.1, 0.15) is 22.0 Å². The molecule has 1 aromatic heterocycles. The first-order valence-electron chi connectivity index (χ1n) is 11.5. The number of anilines is 1. The van der Waals surface area contributed by atoms with E-state index in [0.29, 0.717) is 17.0 Å². The number of ether oxygens (including phenoxy) is 2. The number of fused-ring (bicyclic) bond motifs is 1. The molecule has 0 radical (unpaired) electrons. The molecule has 2 atom stereocenters. The van der Waals surface area contributed by atoms with E-state index in [1.807, 2.05) is 17.5 Å². The molecule has 1 amide bonds. The molecule has 2 heterocycles. The van der Waals surface area contributed by atoms with Crippen LogP contribution in [0.4, 0.5) is 5.69 Å². The van der Waals surface area contributed by atoms with Crippen molar-refractivity contribution in [3.63, 3.8) is 0 Å². The molecular formula is C26H27N3O7S2. The third-order valence-electron chi connectivity index (χ3n) is 5.85. The number of aliphatic hydroxyl groups is 1. The average molecular weight is 558 g/mol. The van der Waals surface area contributed by atoms with Crippen LogP contribution in [0.3, 0.4) is 0 Å². The molecule has 0 spiro atoms. The fourth-order valence-corrected chi connectivity index (χ4v) is 5.88. The summed E-state index contributed by atoms with van der Waals surface area (Å²) >= 11 is 1.40. The molecule has 0 fully saturated rings. The van der Waals surface area contributed by atoms with Gasteiger partial charge in [0.15, 0.2) is 0 Å². The maximum atomic E-state index is 14.0. The molecule has 200 valence electrons. The molecular weight excluding hydrogens is 530 g/mol. The Bertz CT molecular complexity index is 1440. The Hall–Kier alpha value is -3.71. The predicted octanol–water partition coefficient (Wildman–Crippen LogP) is 2.74. The smallest absolute Gasteiger partial charge is 0.325 e. The van der Waals surface area contributed by atoms with E-state index in [4.69, 9.17) is 9.47 Å². The number of sulfonamides is 1. The lowest BCUT2D eigenvalue weighted by molar-refractivity contribution is -0.148. The molecule has 0 aliphatic carbocycles. The largest absolute Gasteiger partial charge is 0.496 e. The number of nitrogens with one attached hydrogen (secondary N) is 2. The fraction of sp³-hybridized carbons (Fsp3) is 0.231. The van der Waals surface area contributed by atoms with Gasteiger partial charge in [-0.15, -0.1) is 11.3 Å². The first kappa shape index (κ1) is 27.3. The van der Waals surface area contributed by atoms with Crippen LogP contribution in [-0.4, -0.2) is 57.3 Å². The van der Waals surface area contributed by atoms with E-state index >= 15 is 0 Å². The third-order valence-corrected chi connectivity index (χ3v) is 8.13. The number of carbonyl (C=O) groups is 2. The Balaban J connectivity index is 1.73. The maximum absolute atomic E-state index is 14.0. The lowest BCUT2D eigenvalue weighted by Gasteiger charge is -2.28. The number of aliphatic hydroxyl groups excluding tert-OH is 1. The van der Waals surface area contributed by atoms with Gasteiger partial charge in [0.05, 0.1) is 25.7 Å². The van der Waals surface area contributed by atoms with Gasteiger partial charge in [0.1, 0.15) is 24.6 Å². The standard InChI is InChI=1S/C26H27N3O7S2/c1-35-22-8-4-3-7-20(22)25(26(32)29(16-24(31)36-2)15-18-6-5-13-37-18)28-38(33,34)19-10-11-21-17(14-19)9-12-23(30)27-21/h3-14,23,25,27-28,30H,15-16H2,1-2H3/t23?,25-/m1/s1. The van der Waals surface area contributed by atoms with Gasteiger partial charge in [-0.1, -0.05) is 30.3 Å². The highest BCUT2D eigenvalue weighted by atomic mass is 32.2. The summed E-state index contributed by atoms with van der Waals surface area (Å²) in [5.41, 5.74) is 1.41. The Labute approximate surface area is 224 Å². The second kappa shape index (κ2) is 11.8. The van der Waals surface area contributed by atoms with E-state index < -0.39 is 34.2 Å². The number of nitrogens with zero attached hydrogens (tertiary/aromatic N) is 1. The van der Waals surface area contributed by atoms with Crippen LogP contribution >= 0.6 is 11.3 Å². The molecule has 10 nitrogen and oxygen atoms in total. The molecule has 0 saturated heterocycles. The topological polar surface area (TPSA) is 134 Å². The number of esters is 1. The number of methoxy groups -OCH3 is 2. The second-order valence-corrected chi connectivity index (χ2v) is 11.1. The summed E-state index contributed by atoms with van der Waals surface area (Å²) in [6.45, 7) is -0.297. The van der Waals surface area contributed by atoms with Crippen LogP contribution in [-0.2, 0) is 30.9 Å². The minimum absolute atomic E-state index is 0.0791. The molecule has 0 bridgehead atoms. The zero-order valence-corrected chi connectivity index (χ0v) is 22.3. The lowest BCUT2D eigenvalue weighted by atomic mass is 10.0. The first-order chi connectivity index (χ1) is 18.2. The molecule has 1 unspecified atom stereocenters. The van der Waals surface area contributed by atoms with Crippen molar-refractivity contribution in [2.75, 3.05) is 26.1 Å². The lowest BCUT2D eigenvalue weighted by Crippen LogP contribution is -2.44. The van der Waals surface area contributed by atoms with E-state index in [1.165, 1.54) is 54.7 Å². The van der Waals surface area contributed by atoms with Gasteiger partial charge in [0.2, 0.25) is 15.9 Å². The Morgan fingerprint density at radius 3 is 2.66 bits per heavy atom. The third kappa shape index (κ3) is 6.22. The van der Waals surface area contributed by atoms with Crippen molar-refractivity contribution in [1.29, 1.82) is 0 Å². The number of carbonyl (C=O) groups excluding carboxylic acids is 2. The van der Waals surface area contributed by atoms with Crippen molar-refractivity contribution in [2.45, 2.75) is 23.7 Å². The van der Waals surface area contributed by atoms with Gasteiger partial charge in [-0.05, 0) is 47.4 Å². The monoisotopic (exact) mass is 557 g/mol. The molecule has 0 saturated carbocycles. The highest BCUT2D eigenvalue weighted by Gasteiger charge is 2.34. The van der Waals surface area contributed by atoms with Crippen molar-refractivity contribution in [2.24, 2.45) is 0 Å². The van der Waals surface area contributed by atoms with Crippen LogP contribution < -0.4 is 14.8 Å². The summed E-state index contributed by atoms with van der Waals surface area (Å²) in [5, 5.41) is 14.4. The summed E-state index contributed by atoms with van der Waals surface area (Å²) in [4.78, 5) is 28.1. The van der Waals surface area contributed by atoms with Crippen LogP contribution in [0.2, 0.25) is 0 Å². The van der Waals surface area contributed by atoms with Crippen molar-refractivity contribution in [1.82, 2.24) is 9.62 Å². The highest BCUT2D eigenvalue weighted by Crippen LogP contribution is 2.30. The predicted molar refractivity (Wildman–Crippen MR) is 143 cm³/mol. The number of para-hydroxylation sites is 1. The van der Waals surface area contributed by atoms with Crippen LogP contribution in [0.25, 0.3) is 6.08 Å². The fourth-order valence-electron chi connectivity index (χ4n) is 3.96. The minimum Gasteiger partial charge on any atom is -0.496 e. The summed E-state index contributed by atoms with van der Waals surface area (Å²) in [6, 6.07) is 13.2. The van der Waals surface area contributed by atoms with Crippen molar-refractivity contribution in [3.8, 4) is 5.75 Å². The Morgan fingerprint density at radius 1 is 1.16 bits per heavy atom. The molecule has 38 heavy (non-hydrogen) atoms. The molecule has 12 heteroatoms. The van der Waals surface area contributed by atoms with Gasteiger partial charge in [0.25, 0.3) is 0 Å². The van der Waals surface area contributed by atoms with Crippen molar-refractivity contribution >= 4 is 45.0 Å². The quantitative estimate of drug-likeness (QED) is 0.324. The highest BCUT2D eigenvalue weighted by molar-refractivity contribution is 7.89. The van der Waals surface area contributed by atoms with Gasteiger partial charge >= 0.3 is 5.97 Å². The van der Waals surface area contributed by atoms with E-state index in [0.717, 1.165) is 4.88 Å². The summed E-state index contributed by atoms with van der Waals surface area (Å²) in [6.07, 6.45) is 2.22. The molecule has 3 N–H and O–H groups in total. The van der Waals surface area contributed by atoms with Crippen LogP contribution in [0, 0.1) is 0 Å². The first-order valence-corrected chi connectivity index (χ1v) is 13.9. The number of hydrogen-bond acceptors (Lipinski definition) is 9. The van der Waals surface area contributed by atoms with Crippen LogP contribution in [0.5, 0.6) is 5.75 Å². The number of rotatable bonds is 10. The number of hydrogen-bond donors (Lipinski definition) is 3. The van der Waals surface area contributed by atoms with Gasteiger partial charge in [-0.3, -0.25) is 9.59 Å². The van der Waals surface area contributed by atoms with Gasteiger partial charge in [-0.25, -0.2) is 8.42 Å². The van der Waals surface area contributed by atoms with E-state index in [1.54, 1.807) is 30.3 Å². The summed E-state index contributed by atoms with van der Waals surface area (Å²) in [7, 11) is -1.61. The zero-order valence-electron chi connectivity index (χ0n) is 20.7. The summed E-state index contributed by atoms with van der Waals surface area (Å²) < 4.78 is 39.9. The zero-order chi connectivity index (χ0) is 27.3. The Morgan fingerprint density at radius 2 is 1.95 bits per heavy atom. The summed E-state index contributed by atoms with van der Waals surface area (Å²) in [5.74, 6) is -0.999. The second-order valence-electron chi connectivity index (χ2n) is 8.34. The van der Waals surface area contributed by atoms with Crippen molar-refractivity contribution in [3.05, 3.63) is 82.1 Å². The van der Waals surface area contributed by atoms with Gasteiger partial charge in [-0.2, -0.15) is 4.72 Å². The molecule has 4 rings (SSSR count). The SMILES string of the molecule is COC(=O)CN(Cc1cccs1)C(=O)[C@H](NS(=O)(=O)c1ccc2c(c1)C=CC(O)N2)c1ccccc1OC. The van der Waals surface area contributed by atoms with E-state index in [2.05, 4.69) is 10.0 Å². The number of thiophene rings is 1. The normalized spacial score (nSPS) is 15.2. The number of amides is 1.